The summed E-state index contributed by atoms with van der Waals surface area (Å²) in [6.07, 6.45) is 2.92. The lowest BCUT2D eigenvalue weighted by Crippen LogP contribution is -2.23. The average molecular weight is 558 g/mol. The van der Waals surface area contributed by atoms with Crippen molar-refractivity contribution in [3.05, 3.63) is 111 Å². The molecule has 0 aliphatic rings. The number of amides is 1. The number of carbonyl (C=O) groups excluding carboxylic acids is 1. The molecule has 0 saturated heterocycles. The van der Waals surface area contributed by atoms with E-state index in [1.807, 2.05) is 27.7 Å². The molecule has 3 N–H and O–H groups in total. The van der Waals surface area contributed by atoms with Gasteiger partial charge in [0, 0.05) is 41.1 Å². The van der Waals surface area contributed by atoms with Crippen LogP contribution in [0.3, 0.4) is 0 Å². The molecule has 0 spiro atoms. The molecule has 210 valence electrons. The molecule has 0 radical (unpaired) electrons. The van der Waals surface area contributed by atoms with Crippen molar-refractivity contribution in [3.63, 3.8) is 0 Å². The summed E-state index contributed by atoms with van der Waals surface area (Å²) in [6, 6.07) is 13.1. The largest absolute Gasteiger partial charge is 0.454 e. The zero-order valence-corrected chi connectivity index (χ0v) is 23.3. The maximum absolute atomic E-state index is 15.1. The second-order valence-electron chi connectivity index (χ2n) is 8.93. The van der Waals surface area contributed by atoms with Crippen LogP contribution in [0.25, 0.3) is 16.5 Å². The minimum atomic E-state index is -0.718. The maximum atomic E-state index is 15.1. The SMILES string of the molecule is CC.Cc1c(Oc2ccc(Nc3nccc4c(C)c(C)n(-c5ccc(F)cc5)c(=O)c34)cc2F)ccnc1C(N)=O. The Bertz CT molecular complexity index is 1820. The predicted octanol–water partition coefficient (Wildman–Crippen LogP) is 6.65. The highest BCUT2D eigenvalue weighted by molar-refractivity contribution is 5.95. The molecule has 8 nitrogen and oxygen atoms in total. The smallest absolute Gasteiger partial charge is 0.267 e. The molecule has 0 bridgehead atoms. The third-order valence-corrected chi connectivity index (χ3v) is 6.54. The summed E-state index contributed by atoms with van der Waals surface area (Å²) < 4.78 is 35.8. The molecule has 10 heteroatoms. The number of nitrogens with two attached hydrogens (primary N) is 1. The molecule has 0 saturated carbocycles. The molecule has 0 atom stereocenters. The first-order valence-electron chi connectivity index (χ1n) is 12.9. The Labute approximate surface area is 235 Å². The molecule has 0 aliphatic carbocycles. The van der Waals surface area contributed by atoms with Crippen molar-refractivity contribution in [1.82, 2.24) is 14.5 Å². The predicted molar refractivity (Wildman–Crippen MR) is 155 cm³/mol. The summed E-state index contributed by atoms with van der Waals surface area (Å²) >= 11 is 0. The van der Waals surface area contributed by atoms with Gasteiger partial charge in [0.05, 0.1) is 5.39 Å². The van der Waals surface area contributed by atoms with Gasteiger partial charge in [-0.15, -0.1) is 0 Å². The van der Waals surface area contributed by atoms with Crippen LogP contribution in [0, 0.1) is 32.4 Å². The van der Waals surface area contributed by atoms with Crippen molar-refractivity contribution >= 4 is 28.2 Å². The van der Waals surface area contributed by atoms with Crippen LogP contribution in [-0.2, 0) is 0 Å². The van der Waals surface area contributed by atoms with Crippen LogP contribution in [0.5, 0.6) is 11.5 Å². The summed E-state index contributed by atoms with van der Waals surface area (Å²) in [6.45, 7) is 9.31. The number of anilines is 2. The standard InChI is InChI=1S/C29H23F2N5O3.C2H6/c1-15-17(3)36(20-7-4-18(30)5-8-20)29(38)25-21(15)10-12-34-28(25)35-19-6-9-24(22(31)14-19)39-23-11-13-33-26(16(23)2)27(32)37;1-2/h4-14H,1-3H3,(H2,32,37)(H,34,35);1-2H3. The normalized spacial score (nSPS) is 10.6. The second-order valence-corrected chi connectivity index (χ2v) is 8.93. The number of benzene rings is 2. The van der Waals surface area contributed by atoms with Crippen LogP contribution in [0.4, 0.5) is 20.3 Å². The van der Waals surface area contributed by atoms with E-state index < -0.39 is 17.5 Å². The molecule has 5 rings (SSSR count). The van der Waals surface area contributed by atoms with Gasteiger partial charge in [0.2, 0.25) is 0 Å². The number of hydrogen-bond acceptors (Lipinski definition) is 6. The fourth-order valence-corrected chi connectivity index (χ4v) is 4.41. The highest BCUT2D eigenvalue weighted by atomic mass is 19.1. The number of hydrogen-bond donors (Lipinski definition) is 2. The van der Waals surface area contributed by atoms with E-state index in [4.69, 9.17) is 10.5 Å². The number of fused-ring (bicyclic) bond motifs is 1. The van der Waals surface area contributed by atoms with E-state index in [1.54, 1.807) is 25.3 Å². The van der Waals surface area contributed by atoms with Crippen LogP contribution in [0.1, 0.15) is 41.2 Å². The van der Waals surface area contributed by atoms with Crippen LogP contribution in [0.2, 0.25) is 0 Å². The molecule has 0 fully saturated rings. The first-order valence-corrected chi connectivity index (χ1v) is 12.9. The quantitative estimate of drug-likeness (QED) is 0.242. The van der Waals surface area contributed by atoms with Gasteiger partial charge in [-0.3, -0.25) is 19.1 Å². The fourth-order valence-electron chi connectivity index (χ4n) is 4.41. The van der Waals surface area contributed by atoms with Gasteiger partial charge >= 0.3 is 0 Å². The van der Waals surface area contributed by atoms with E-state index in [1.165, 1.54) is 53.2 Å². The number of rotatable bonds is 6. The summed E-state index contributed by atoms with van der Waals surface area (Å²) in [5, 5.41) is 4.03. The van der Waals surface area contributed by atoms with Crippen LogP contribution in [0.15, 0.2) is 71.8 Å². The first kappa shape index (κ1) is 28.9. The fraction of sp³-hybridized carbons (Fsp3) is 0.161. The number of ether oxygens (including phenoxy) is 1. The van der Waals surface area contributed by atoms with Gasteiger partial charge in [-0.1, -0.05) is 13.8 Å². The monoisotopic (exact) mass is 557 g/mol. The Balaban J connectivity index is 0.00000189. The third kappa shape index (κ3) is 5.62. The Morgan fingerprint density at radius 3 is 2.24 bits per heavy atom. The Hall–Kier alpha value is -5.12. The van der Waals surface area contributed by atoms with Gasteiger partial charge < -0.3 is 15.8 Å². The lowest BCUT2D eigenvalue weighted by molar-refractivity contribution is 0.0994. The molecule has 0 unspecified atom stereocenters. The molecule has 1 amide bonds. The molecule has 3 heterocycles. The molecule has 2 aromatic carbocycles. The summed E-state index contributed by atoms with van der Waals surface area (Å²) in [7, 11) is 0. The summed E-state index contributed by atoms with van der Waals surface area (Å²) in [5.41, 5.74) is 7.78. The van der Waals surface area contributed by atoms with Gasteiger partial charge in [-0.2, -0.15) is 0 Å². The highest BCUT2D eigenvalue weighted by Gasteiger charge is 2.18. The number of halogens is 2. The molecule has 41 heavy (non-hydrogen) atoms. The van der Waals surface area contributed by atoms with Gasteiger partial charge in [-0.05, 0) is 80.3 Å². The van der Waals surface area contributed by atoms with E-state index in [2.05, 4.69) is 15.3 Å². The zero-order chi connectivity index (χ0) is 29.8. The van der Waals surface area contributed by atoms with Crippen molar-refractivity contribution in [1.29, 1.82) is 0 Å². The Morgan fingerprint density at radius 1 is 0.902 bits per heavy atom. The van der Waals surface area contributed by atoms with Gasteiger partial charge in [0.1, 0.15) is 23.1 Å². The van der Waals surface area contributed by atoms with Crippen molar-refractivity contribution < 1.29 is 18.3 Å². The number of aryl methyl sites for hydroxylation is 1. The van der Waals surface area contributed by atoms with Crippen molar-refractivity contribution in [2.75, 3.05) is 5.32 Å². The number of aromatic nitrogens is 3. The van der Waals surface area contributed by atoms with Crippen molar-refractivity contribution in [2.45, 2.75) is 34.6 Å². The molecule has 5 aromatic rings. The van der Waals surface area contributed by atoms with Crippen molar-refractivity contribution in [2.24, 2.45) is 5.73 Å². The van der Waals surface area contributed by atoms with Gasteiger partial charge in [-0.25, -0.2) is 13.8 Å². The van der Waals surface area contributed by atoms with Crippen molar-refractivity contribution in [3.8, 4) is 17.2 Å². The second kappa shape index (κ2) is 12.0. The molecular weight excluding hydrogens is 528 g/mol. The van der Waals surface area contributed by atoms with E-state index in [0.29, 0.717) is 33.4 Å². The molecule has 3 aromatic heterocycles. The number of primary amides is 1. The average Bonchev–Trinajstić information content (AvgIpc) is 2.96. The minimum Gasteiger partial charge on any atom is -0.454 e. The van der Waals surface area contributed by atoms with Gasteiger partial charge in [0.25, 0.3) is 11.5 Å². The lowest BCUT2D eigenvalue weighted by Gasteiger charge is -2.17. The zero-order valence-electron chi connectivity index (χ0n) is 23.3. The highest BCUT2D eigenvalue weighted by Crippen LogP contribution is 2.32. The van der Waals surface area contributed by atoms with Gasteiger partial charge in [0.15, 0.2) is 11.6 Å². The van der Waals surface area contributed by atoms with Crippen LogP contribution >= 0.6 is 0 Å². The third-order valence-electron chi connectivity index (χ3n) is 6.54. The number of nitrogens with zero attached hydrogens (tertiary/aromatic N) is 3. The first-order chi connectivity index (χ1) is 19.7. The molecule has 0 aliphatic heterocycles. The topological polar surface area (TPSA) is 112 Å². The Morgan fingerprint density at radius 2 is 1.59 bits per heavy atom. The lowest BCUT2D eigenvalue weighted by atomic mass is 10.1. The van der Waals surface area contributed by atoms with E-state index in [-0.39, 0.29) is 28.6 Å². The summed E-state index contributed by atoms with van der Waals surface area (Å²) in [4.78, 5) is 33.5. The van der Waals surface area contributed by atoms with E-state index in [9.17, 15) is 14.0 Å². The molecular formula is C31H29F2N5O3. The number of carbonyl (C=O) groups is 1. The van der Waals surface area contributed by atoms with E-state index in [0.717, 1.165) is 5.56 Å². The maximum Gasteiger partial charge on any atom is 0.267 e. The Kier molecular flexibility index (Phi) is 8.42. The number of pyridine rings is 3. The number of nitrogens with one attached hydrogen (secondary N) is 1. The van der Waals surface area contributed by atoms with Crippen LogP contribution < -0.4 is 21.3 Å². The summed E-state index contributed by atoms with van der Waals surface area (Å²) in [5.74, 6) is -1.42. The van der Waals surface area contributed by atoms with Crippen LogP contribution in [-0.4, -0.2) is 20.4 Å². The minimum absolute atomic E-state index is 0.0325. The van der Waals surface area contributed by atoms with E-state index >= 15 is 4.39 Å².